The number of sulfonamides is 1. The van der Waals surface area contributed by atoms with Gasteiger partial charge in [0.25, 0.3) is 0 Å². The highest BCUT2D eigenvalue weighted by Crippen LogP contribution is 2.09. The zero-order valence-corrected chi connectivity index (χ0v) is 9.25. The molecule has 1 aromatic rings. The van der Waals surface area contributed by atoms with Crippen LogP contribution in [0.5, 0.6) is 0 Å². The van der Waals surface area contributed by atoms with Gasteiger partial charge >= 0.3 is 0 Å². The van der Waals surface area contributed by atoms with Crippen LogP contribution in [-0.4, -0.2) is 37.1 Å². The van der Waals surface area contributed by atoms with Gasteiger partial charge in [-0.05, 0) is 6.42 Å². The number of aromatic amines is 1. The van der Waals surface area contributed by atoms with E-state index >= 15 is 0 Å². The SMILES string of the molecule is O=C1CCC(NS(=O)(=O)c2cn[nH]c2)CN1. The zero-order valence-electron chi connectivity index (χ0n) is 8.43. The van der Waals surface area contributed by atoms with Crippen molar-refractivity contribution in [3.63, 3.8) is 0 Å². The smallest absolute Gasteiger partial charge is 0.243 e. The second-order valence-electron chi connectivity index (χ2n) is 3.59. The third-order valence-corrected chi connectivity index (χ3v) is 3.86. The predicted octanol–water partition coefficient (Wildman–Crippen LogP) is -1.03. The van der Waals surface area contributed by atoms with Gasteiger partial charge in [-0.15, -0.1) is 0 Å². The number of nitrogens with zero attached hydrogens (tertiary/aromatic N) is 1. The van der Waals surface area contributed by atoms with Gasteiger partial charge < -0.3 is 5.32 Å². The molecule has 1 aromatic heterocycles. The third kappa shape index (κ3) is 2.39. The van der Waals surface area contributed by atoms with E-state index in [4.69, 9.17) is 0 Å². The molecule has 8 heteroatoms. The lowest BCUT2D eigenvalue weighted by atomic mass is 10.1. The van der Waals surface area contributed by atoms with Crippen molar-refractivity contribution in [3.05, 3.63) is 12.4 Å². The first kappa shape index (κ1) is 11.1. The average Bonchev–Trinajstić information content (AvgIpc) is 2.75. The summed E-state index contributed by atoms with van der Waals surface area (Å²) in [5.74, 6) is -0.0428. The third-order valence-electron chi connectivity index (χ3n) is 2.37. The summed E-state index contributed by atoms with van der Waals surface area (Å²) >= 11 is 0. The minimum Gasteiger partial charge on any atom is -0.355 e. The monoisotopic (exact) mass is 244 g/mol. The number of piperidine rings is 1. The first-order chi connectivity index (χ1) is 7.58. The van der Waals surface area contributed by atoms with Gasteiger partial charge in [0.1, 0.15) is 4.90 Å². The van der Waals surface area contributed by atoms with E-state index in [0.29, 0.717) is 19.4 Å². The lowest BCUT2D eigenvalue weighted by molar-refractivity contribution is -0.122. The summed E-state index contributed by atoms with van der Waals surface area (Å²) in [7, 11) is -3.53. The first-order valence-corrected chi connectivity index (χ1v) is 6.34. The van der Waals surface area contributed by atoms with Crippen LogP contribution in [0.1, 0.15) is 12.8 Å². The quantitative estimate of drug-likeness (QED) is 0.632. The Kier molecular flexibility index (Phi) is 2.92. The normalized spacial score (nSPS) is 21.8. The fourth-order valence-electron chi connectivity index (χ4n) is 1.51. The molecule has 1 fully saturated rings. The second-order valence-corrected chi connectivity index (χ2v) is 5.31. The van der Waals surface area contributed by atoms with Crippen molar-refractivity contribution in [2.45, 2.75) is 23.8 Å². The molecule has 0 saturated carbocycles. The molecule has 1 saturated heterocycles. The Morgan fingerprint density at radius 1 is 1.50 bits per heavy atom. The molecule has 2 heterocycles. The molecule has 1 amide bonds. The van der Waals surface area contributed by atoms with Gasteiger partial charge in [0.05, 0.1) is 6.20 Å². The summed E-state index contributed by atoms with van der Waals surface area (Å²) < 4.78 is 26.0. The molecule has 1 aliphatic rings. The van der Waals surface area contributed by atoms with E-state index in [1.165, 1.54) is 12.4 Å². The number of carbonyl (C=O) groups excluding carboxylic acids is 1. The fraction of sp³-hybridized carbons (Fsp3) is 0.500. The predicted molar refractivity (Wildman–Crippen MR) is 54.9 cm³/mol. The van der Waals surface area contributed by atoms with E-state index < -0.39 is 10.0 Å². The molecule has 0 bridgehead atoms. The second kappa shape index (κ2) is 4.22. The van der Waals surface area contributed by atoms with Gasteiger partial charge in [0.15, 0.2) is 0 Å². The summed E-state index contributed by atoms with van der Waals surface area (Å²) in [5.41, 5.74) is 0. The molecule has 7 nitrogen and oxygen atoms in total. The van der Waals surface area contributed by atoms with Crippen LogP contribution in [0.25, 0.3) is 0 Å². The van der Waals surface area contributed by atoms with Crippen molar-refractivity contribution in [1.82, 2.24) is 20.2 Å². The van der Waals surface area contributed by atoms with Crippen LogP contribution in [0.4, 0.5) is 0 Å². The summed E-state index contributed by atoms with van der Waals surface area (Å²) in [6.07, 6.45) is 3.41. The minimum absolute atomic E-state index is 0.0428. The highest BCUT2D eigenvalue weighted by Gasteiger charge is 2.24. The Morgan fingerprint density at radius 2 is 2.31 bits per heavy atom. The molecule has 0 radical (unpaired) electrons. The number of hydrogen-bond donors (Lipinski definition) is 3. The lowest BCUT2D eigenvalue weighted by Gasteiger charge is -2.22. The highest BCUT2D eigenvalue weighted by molar-refractivity contribution is 7.89. The van der Waals surface area contributed by atoms with Crippen LogP contribution >= 0.6 is 0 Å². The largest absolute Gasteiger partial charge is 0.355 e. The van der Waals surface area contributed by atoms with E-state index in [9.17, 15) is 13.2 Å². The number of rotatable bonds is 3. The summed E-state index contributed by atoms with van der Waals surface area (Å²) in [6, 6.07) is -0.252. The van der Waals surface area contributed by atoms with Crippen LogP contribution in [0, 0.1) is 0 Å². The number of carbonyl (C=O) groups is 1. The van der Waals surface area contributed by atoms with Crippen LogP contribution in [0.3, 0.4) is 0 Å². The maximum Gasteiger partial charge on any atom is 0.243 e. The number of hydrogen-bond acceptors (Lipinski definition) is 4. The molecule has 3 N–H and O–H groups in total. The number of H-pyrrole nitrogens is 1. The minimum atomic E-state index is -3.53. The van der Waals surface area contributed by atoms with E-state index in [0.717, 1.165) is 0 Å². The average molecular weight is 244 g/mol. The molecular weight excluding hydrogens is 232 g/mol. The Morgan fingerprint density at radius 3 is 2.88 bits per heavy atom. The molecule has 1 unspecified atom stereocenters. The van der Waals surface area contributed by atoms with Crippen molar-refractivity contribution >= 4 is 15.9 Å². The lowest BCUT2D eigenvalue weighted by Crippen LogP contribution is -2.47. The maximum absolute atomic E-state index is 11.8. The Balaban J connectivity index is 2.02. The van der Waals surface area contributed by atoms with Gasteiger partial charge in [0, 0.05) is 25.2 Å². The van der Waals surface area contributed by atoms with Crippen molar-refractivity contribution in [1.29, 1.82) is 0 Å². The van der Waals surface area contributed by atoms with Gasteiger partial charge in [-0.3, -0.25) is 9.89 Å². The van der Waals surface area contributed by atoms with Gasteiger partial charge in [-0.1, -0.05) is 0 Å². The van der Waals surface area contributed by atoms with Crippen LogP contribution in [0.15, 0.2) is 17.3 Å². The van der Waals surface area contributed by atoms with Gasteiger partial charge in [-0.25, -0.2) is 13.1 Å². The number of amides is 1. The van der Waals surface area contributed by atoms with Crippen molar-refractivity contribution in [2.24, 2.45) is 0 Å². The first-order valence-electron chi connectivity index (χ1n) is 4.86. The molecule has 1 atom stereocenters. The zero-order chi connectivity index (χ0) is 11.6. The summed E-state index contributed by atoms with van der Waals surface area (Å²) in [6.45, 7) is 0.329. The van der Waals surface area contributed by atoms with Crippen molar-refractivity contribution < 1.29 is 13.2 Å². The van der Waals surface area contributed by atoms with E-state index in [1.54, 1.807) is 0 Å². The molecule has 0 aromatic carbocycles. The van der Waals surface area contributed by atoms with Crippen molar-refractivity contribution in [3.8, 4) is 0 Å². The Labute approximate surface area is 92.7 Å². The molecule has 16 heavy (non-hydrogen) atoms. The topological polar surface area (TPSA) is 104 Å². The van der Waals surface area contributed by atoms with Gasteiger partial charge in [-0.2, -0.15) is 5.10 Å². The fourth-order valence-corrected chi connectivity index (χ4v) is 2.68. The maximum atomic E-state index is 11.8. The standard InChI is InChI=1S/C8H12N4O3S/c13-8-2-1-6(3-9-8)12-16(14,15)7-4-10-11-5-7/h4-6,12H,1-3H2,(H,9,13)(H,10,11). The van der Waals surface area contributed by atoms with Crippen LogP contribution in [-0.2, 0) is 14.8 Å². The Hall–Kier alpha value is -1.41. The van der Waals surface area contributed by atoms with Crippen LogP contribution < -0.4 is 10.0 Å². The number of nitrogens with one attached hydrogen (secondary N) is 3. The summed E-state index contributed by atoms with van der Waals surface area (Å²) in [4.78, 5) is 11.0. The van der Waals surface area contributed by atoms with E-state index in [2.05, 4.69) is 20.2 Å². The molecule has 1 aliphatic heterocycles. The van der Waals surface area contributed by atoms with Crippen LogP contribution in [0.2, 0.25) is 0 Å². The molecule has 88 valence electrons. The van der Waals surface area contributed by atoms with E-state index in [1.807, 2.05) is 0 Å². The Bertz CT molecular complexity index is 457. The molecule has 2 rings (SSSR count). The van der Waals surface area contributed by atoms with Gasteiger partial charge in [0.2, 0.25) is 15.9 Å². The van der Waals surface area contributed by atoms with E-state index in [-0.39, 0.29) is 16.8 Å². The molecular formula is C8H12N4O3S. The highest BCUT2D eigenvalue weighted by atomic mass is 32.2. The van der Waals surface area contributed by atoms with Crippen molar-refractivity contribution in [2.75, 3.05) is 6.54 Å². The summed E-state index contributed by atoms with van der Waals surface area (Å²) in [5, 5.41) is 8.63. The molecule has 0 spiro atoms. The number of aromatic nitrogens is 2. The molecule has 0 aliphatic carbocycles.